The lowest BCUT2D eigenvalue weighted by molar-refractivity contribution is 0.173. The van der Waals surface area contributed by atoms with Crippen molar-refractivity contribution < 1.29 is 9.68 Å². The van der Waals surface area contributed by atoms with E-state index in [0.717, 1.165) is 11.1 Å². The van der Waals surface area contributed by atoms with Crippen molar-refractivity contribution >= 4 is 23.0 Å². The number of aryl methyl sites for hydroxylation is 1. The van der Waals surface area contributed by atoms with Gasteiger partial charge in [-0.15, -0.1) is 5.10 Å². The molecule has 0 atom stereocenters. The topological polar surface area (TPSA) is 86.8 Å². The summed E-state index contributed by atoms with van der Waals surface area (Å²) in [7, 11) is 3.20. The molecule has 0 aliphatic heterocycles. The fourth-order valence-electron chi connectivity index (χ4n) is 2.35. The Morgan fingerprint density at radius 1 is 1.07 bits per heavy atom. The molecule has 27 heavy (non-hydrogen) atoms. The van der Waals surface area contributed by atoms with Gasteiger partial charge in [-0.25, -0.2) is 4.68 Å². The molecule has 9 heteroatoms. The van der Waals surface area contributed by atoms with Crippen LogP contribution in [0.1, 0.15) is 17.0 Å². The number of hydrogen-bond donors (Lipinski definition) is 0. The molecule has 0 bridgehead atoms. The Morgan fingerprint density at radius 2 is 1.85 bits per heavy atom. The first-order chi connectivity index (χ1) is 13.2. The Bertz CT molecular complexity index is 955. The summed E-state index contributed by atoms with van der Waals surface area (Å²) in [6, 6.07) is 16.8. The Kier molecular flexibility index (Phi) is 6.11. The molecular formula is C18H17ClN6O2. The number of aromatic nitrogens is 4. The molecule has 3 aromatic rings. The summed E-state index contributed by atoms with van der Waals surface area (Å²) in [5.41, 5.74) is 2.66. The standard InChI is InChI=1S/C18H17ClN6O2/c1-25-18(20-23-24-25)17(13-7-4-3-5-8-13)22-27-12-16(21-26-2)14-9-6-10-15(19)11-14/h3-11H,12H2,1-2H3/b21-16-,22-17-. The minimum atomic E-state index is 0.0792. The summed E-state index contributed by atoms with van der Waals surface area (Å²) in [6.45, 7) is 0.0792. The number of halogens is 1. The monoisotopic (exact) mass is 384 g/mol. The summed E-state index contributed by atoms with van der Waals surface area (Å²) in [5, 5.41) is 20.4. The molecule has 8 nitrogen and oxygen atoms in total. The van der Waals surface area contributed by atoms with E-state index in [9.17, 15) is 0 Å². The third-order valence-electron chi connectivity index (χ3n) is 3.60. The molecule has 3 rings (SSSR count). The van der Waals surface area contributed by atoms with E-state index >= 15 is 0 Å². The zero-order chi connectivity index (χ0) is 19.1. The van der Waals surface area contributed by atoms with E-state index in [1.165, 1.54) is 11.8 Å². The van der Waals surface area contributed by atoms with Gasteiger partial charge in [-0.3, -0.25) is 0 Å². The second-order valence-corrected chi connectivity index (χ2v) is 5.87. The first-order valence-corrected chi connectivity index (χ1v) is 8.41. The molecule has 2 aromatic carbocycles. The van der Waals surface area contributed by atoms with Gasteiger partial charge in [0.05, 0.1) is 0 Å². The molecule has 138 valence electrons. The van der Waals surface area contributed by atoms with Gasteiger partial charge >= 0.3 is 0 Å². The minimum absolute atomic E-state index is 0.0792. The SMILES string of the molecule is CO/N=C(/CO/N=C(/c1ccccc1)c1nnnn1C)c1cccc(Cl)c1. The highest BCUT2D eigenvalue weighted by Gasteiger charge is 2.15. The van der Waals surface area contributed by atoms with Crippen LogP contribution in [0, 0.1) is 0 Å². The third-order valence-corrected chi connectivity index (χ3v) is 3.83. The summed E-state index contributed by atoms with van der Waals surface area (Å²) < 4.78 is 1.52. The first kappa shape index (κ1) is 18.5. The van der Waals surface area contributed by atoms with E-state index in [1.54, 1.807) is 19.2 Å². The second-order valence-electron chi connectivity index (χ2n) is 5.44. The van der Waals surface area contributed by atoms with Crippen molar-refractivity contribution in [3.8, 4) is 0 Å². The molecule has 0 aliphatic rings. The normalized spacial score (nSPS) is 12.1. The zero-order valence-corrected chi connectivity index (χ0v) is 15.5. The third kappa shape index (κ3) is 4.68. The van der Waals surface area contributed by atoms with Crippen LogP contribution in [0.2, 0.25) is 5.02 Å². The van der Waals surface area contributed by atoms with Gasteiger partial charge in [0.25, 0.3) is 0 Å². The predicted molar refractivity (Wildman–Crippen MR) is 102 cm³/mol. The molecule has 0 aliphatic carbocycles. The molecule has 0 unspecified atom stereocenters. The summed E-state index contributed by atoms with van der Waals surface area (Å²) in [4.78, 5) is 10.5. The maximum Gasteiger partial charge on any atom is 0.204 e. The number of hydrogen-bond acceptors (Lipinski definition) is 7. The average Bonchev–Trinajstić information content (AvgIpc) is 3.10. The van der Waals surface area contributed by atoms with Crippen LogP contribution < -0.4 is 0 Å². The molecular weight excluding hydrogens is 368 g/mol. The highest BCUT2D eigenvalue weighted by Crippen LogP contribution is 2.13. The van der Waals surface area contributed by atoms with Crippen molar-refractivity contribution in [2.45, 2.75) is 0 Å². The number of rotatable bonds is 7. The minimum Gasteiger partial charge on any atom is -0.399 e. The fraction of sp³-hybridized carbons (Fsp3) is 0.167. The number of nitrogens with zero attached hydrogens (tertiary/aromatic N) is 6. The van der Waals surface area contributed by atoms with Gasteiger partial charge in [0.15, 0.2) is 12.3 Å². The van der Waals surface area contributed by atoms with Crippen LogP contribution in [0.4, 0.5) is 0 Å². The molecule has 0 radical (unpaired) electrons. The molecule has 0 amide bonds. The van der Waals surface area contributed by atoms with Gasteiger partial charge in [0.2, 0.25) is 5.82 Å². The zero-order valence-electron chi connectivity index (χ0n) is 14.8. The Hall–Kier alpha value is -3.26. The molecule has 0 fully saturated rings. The predicted octanol–water partition coefficient (Wildman–Crippen LogP) is 2.68. The first-order valence-electron chi connectivity index (χ1n) is 8.03. The van der Waals surface area contributed by atoms with Gasteiger partial charge in [0, 0.05) is 23.2 Å². The van der Waals surface area contributed by atoms with E-state index in [2.05, 4.69) is 25.8 Å². The number of tetrazole rings is 1. The van der Waals surface area contributed by atoms with E-state index in [0.29, 0.717) is 22.3 Å². The van der Waals surface area contributed by atoms with Gasteiger partial charge in [-0.1, -0.05) is 64.4 Å². The number of benzene rings is 2. The summed E-state index contributed by atoms with van der Waals surface area (Å²) in [6.07, 6.45) is 0. The highest BCUT2D eigenvalue weighted by molar-refractivity contribution is 6.31. The molecule has 1 heterocycles. The van der Waals surface area contributed by atoms with Crippen molar-refractivity contribution in [3.63, 3.8) is 0 Å². The van der Waals surface area contributed by atoms with Crippen LogP contribution in [0.25, 0.3) is 0 Å². The maximum atomic E-state index is 6.05. The quantitative estimate of drug-likeness (QED) is 0.461. The van der Waals surface area contributed by atoms with Crippen LogP contribution in [-0.4, -0.2) is 45.3 Å². The molecule has 1 aromatic heterocycles. The van der Waals surface area contributed by atoms with Crippen LogP contribution in [0.3, 0.4) is 0 Å². The molecule has 0 N–H and O–H groups in total. The van der Waals surface area contributed by atoms with Gasteiger partial charge in [0.1, 0.15) is 12.8 Å². The molecule has 0 saturated heterocycles. The Morgan fingerprint density at radius 3 is 2.52 bits per heavy atom. The summed E-state index contributed by atoms with van der Waals surface area (Å²) >= 11 is 6.05. The van der Waals surface area contributed by atoms with Gasteiger partial charge in [-0.05, 0) is 22.6 Å². The van der Waals surface area contributed by atoms with E-state index in [-0.39, 0.29) is 6.61 Å². The fourth-order valence-corrected chi connectivity index (χ4v) is 2.54. The van der Waals surface area contributed by atoms with Crippen molar-refractivity contribution in [2.24, 2.45) is 17.4 Å². The Balaban J connectivity index is 1.86. The van der Waals surface area contributed by atoms with Crippen LogP contribution in [-0.2, 0) is 16.7 Å². The second kappa shape index (κ2) is 8.91. The lowest BCUT2D eigenvalue weighted by atomic mass is 10.1. The van der Waals surface area contributed by atoms with Crippen molar-refractivity contribution in [1.29, 1.82) is 0 Å². The van der Waals surface area contributed by atoms with Gasteiger partial charge < -0.3 is 9.68 Å². The van der Waals surface area contributed by atoms with E-state index in [4.69, 9.17) is 21.3 Å². The number of oxime groups is 2. The van der Waals surface area contributed by atoms with E-state index < -0.39 is 0 Å². The lowest BCUT2D eigenvalue weighted by Gasteiger charge is -2.08. The average molecular weight is 385 g/mol. The molecule has 0 spiro atoms. The lowest BCUT2D eigenvalue weighted by Crippen LogP contribution is -2.14. The highest BCUT2D eigenvalue weighted by atomic mass is 35.5. The summed E-state index contributed by atoms with van der Waals surface area (Å²) in [5.74, 6) is 0.481. The largest absolute Gasteiger partial charge is 0.399 e. The Labute approximate surface area is 161 Å². The van der Waals surface area contributed by atoms with Crippen LogP contribution >= 0.6 is 11.6 Å². The molecule has 0 saturated carbocycles. The van der Waals surface area contributed by atoms with Crippen molar-refractivity contribution in [1.82, 2.24) is 20.2 Å². The van der Waals surface area contributed by atoms with Crippen molar-refractivity contribution in [2.75, 3.05) is 13.7 Å². The van der Waals surface area contributed by atoms with Crippen LogP contribution in [0.15, 0.2) is 64.9 Å². The smallest absolute Gasteiger partial charge is 0.204 e. The van der Waals surface area contributed by atoms with Crippen LogP contribution in [0.5, 0.6) is 0 Å². The van der Waals surface area contributed by atoms with E-state index in [1.807, 2.05) is 42.5 Å². The van der Waals surface area contributed by atoms with Crippen molar-refractivity contribution in [3.05, 3.63) is 76.6 Å². The van der Waals surface area contributed by atoms with Gasteiger partial charge in [-0.2, -0.15) is 0 Å². The maximum absolute atomic E-state index is 6.05.